The maximum atomic E-state index is 12.5. The van der Waals surface area contributed by atoms with E-state index in [0.717, 1.165) is 20.2 Å². The van der Waals surface area contributed by atoms with E-state index in [2.05, 4.69) is 47.8 Å². The Bertz CT molecular complexity index is 885. The number of anilines is 1. The molecule has 3 N–H and O–H groups in total. The standard InChI is InChI=1S/C17H13Br2Cl4N3OS/c1-8-6-9(18)7-11(19)13(8)24-16(28)26-15(17(21,22)23)25-14(27)10-4-2-3-5-12(10)20/h2-7,15H,1H3,(H,25,27)(H2,24,26,28)/t15-/m0/s1. The molecule has 4 nitrogen and oxygen atoms in total. The second kappa shape index (κ2) is 10.2. The minimum atomic E-state index is -1.88. The molecule has 150 valence electrons. The summed E-state index contributed by atoms with van der Waals surface area (Å²) >= 11 is 36.3. The molecule has 2 aromatic carbocycles. The minimum absolute atomic E-state index is 0.155. The Balaban J connectivity index is 2.16. The monoisotopic (exact) mass is 605 g/mol. The summed E-state index contributed by atoms with van der Waals surface area (Å²) in [6.07, 6.45) is -1.11. The zero-order valence-corrected chi connectivity index (χ0v) is 21.1. The molecule has 0 saturated heterocycles. The summed E-state index contributed by atoms with van der Waals surface area (Å²) < 4.78 is -0.184. The zero-order chi connectivity index (χ0) is 21.1. The lowest BCUT2D eigenvalue weighted by Gasteiger charge is -2.28. The van der Waals surface area contributed by atoms with Gasteiger partial charge in [-0.3, -0.25) is 4.79 Å². The van der Waals surface area contributed by atoms with Gasteiger partial charge in [0.05, 0.1) is 16.3 Å². The summed E-state index contributed by atoms with van der Waals surface area (Å²) in [5.74, 6) is -0.516. The topological polar surface area (TPSA) is 53.2 Å². The van der Waals surface area contributed by atoms with Gasteiger partial charge in [0.1, 0.15) is 6.17 Å². The smallest absolute Gasteiger partial charge is 0.254 e. The lowest BCUT2D eigenvalue weighted by atomic mass is 10.2. The van der Waals surface area contributed by atoms with Gasteiger partial charge in [-0.05, 0) is 64.9 Å². The van der Waals surface area contributed by atoms with Gasteiger partial charge in [-0.15, -0.1) is 0 Å². The van der Waals surface area contributed by atoms with Crippen LogP contribution < -0.4 is 16.0 Å². The van der Waals surface area contributed by atoms with Crippen LogP contribution in [0.25, 0.3) is 0 Å². The number of hydrogen-bond acceptors (Lipinski definition) is 2. The number of aryl methyl sites for hydroxylation is 1. The van der Waals surface area contributed by atoms with Crippen molar-refractivity contribution in [3.05, 3.63) is 61.5 Å². The number of rotatable bonds is 4. The minimum Gasteiger partial charge on any atom is -0.339 e. The van der Waals surface area contributed by atoms with Crippen LogP contribution >= 0.6 is 90.5 Å². The summed E-state index contributed by atoms with van der Waals surface area (Å²) in [6.45, 7) is 1.91. The first-order valence-corrected chi connectivity index (χ1v) is 11.1. The van der Waals surface area contributed by atoms with Gasteiger partial charge in [-0.25, -0.2) is 0 Å². The molecule has 0 heterocycles. The average molecular weight is 609 g/mol. The van der Waals surface area contributed by atoms with Gasteiger partial charge in [-0.1, -0.05) is 74.5 Å². The van der Waals surface area contributed by atoms with E-state index >= 15 is 0 Å². The molecule has 0 aliphatic heterocycles. The molecule has 0 radical (unpaired) electrons. The highest BCUT2D eigenvalue weighted by Crippen LogP contribution is 2.32. The van der Waals surface area contributed by atoms with Crippen LogP contribution in [0.1, 0.15) is 15.9 Å². The zero-order valence-electron chi connectivity index (χ0n) is 14.1. The van der Waals surface area contributed by atoms with Gasteiger partial charge in [-0.2, -0.15) is 0 Å². The van der Waals surface area contributed by atoms with Crippen molar-refractivity contribution in [3.63, 3.8) is 0 Å². The molecule has 2 rings (SSSR count). The van der Waals surface area contributed by atoms with Crippen LogP contribution in [-0.2, 0) is 0 Å². The number of thiocarbonyl (C=S) groups is 1. The molecule has 1 atom stereocenters. The number of benzene rings is 2. The Labute approximate surface area is 204 Å². The lowest BCUT2D eigenvalue weighted by molar-refractivity contribution is 0.0934. The van der Waals surface area contributed by atoms with Crippen molar-refractivity contribution in [2.75, 3.05) is 5.32 Å². The van der Waals surface area contributed by atoms with E-state index in [1.807, 2.05) is 19.1 Å². The molecule has 0 fully saturated rings. The number of carbonyl (C=O) groups is 1. The van der Waals surface area contributed by atoms with Crippen LogP contribution in [0.4, 0.5) is 5.69 Å². The molecule has 11 heteroatoms. The predicted molar refractivity (Wildman–Crippen MR) is 129 cm³/mol. The number of carbonyl (C=O) groups excluding carboxylic acids is 1. The lowest BCUT2D eigenvalue weighted by Crippen LogP contribution is -2.56. The Kier molecular flexibility index (Phi) is 8.70. The van der Waals surface area contributed by atoms with E-state index in [1.165, 1.54) is 0 Å². The van der Waals surface area contributed by atoms with E-state index in [-0.39, 0.29) is 15.7 Å². The summed E-state index contributed by atoms with van der Waals surface area (Å²) in [5, 5.41) is 8.87. The molecule has 0 spiro atoms. The van der Waals surface area contributed by atoms with Gasteiger partial charge >= 0.3 is 0 Å². The highest BCUT2D eigenvalue weighted by molar-refractivity contribution is 9.11. The van der Waals surface area contributed by atoms with Crippen molar-refractivity contribution < 1.29 is 4.79 Å². The largest absolute Gasteiger partial charge is 0.339 e. The van der Waals surface area contributed by atoms with Crippen LogP contribution in [-0.4, -0.2) is 21.0 Å². The van der Waals surface area contributed by atoms with Crippen LogP contribution in [0.15, 0.2) is 45.3 Å². The summed E-state index contributed by atoms with van der Waals surface area (Å²) in [5.41, 5.74) is 1.91. The first-order valence-electron chi connectivity index (χ1n) is 7.64. The normalized spacial score (nSPS) is 12.2. The summed E-state index contributed by atoms with van der Waals surface area (Å²) in [7, 11) is 0. The van der Waals surface area contributed by atoms with Crippen molar-refractivity contribution >= 4 is 107 Å². The highest BCUT2D eigenvalue weighted by atomic mass is 79.9. The second-order valence-electron chi connectivity index (χ2n) is 5.61. The maximum absolute atomic E-state index is 12.5. The molecule has 2 aromatic rings. The first-order chi connectivity index (χ1) is 13.0. The Morgan fingerprint density at radius 2 is 1.79 bits per heavy atom. The fourth-order valence-electron chi connectivity index (χ4n) is 2.20. The fourth-order valence-corrected chi connectivity index (χ4v) is 4.50. The quantitative estimate of drug-likeness (QED) is 0.208. The number of hydrogen-bond donors (Lipinski definition) is 3. The van der Waals surface area contributed by atoms with Crippen molar-refractivity contribution in [2.45, 2.75) is 16.9 Å². The molecule has 28 heavy (non-hydrogen) atoms. The van der Waals surface area contributed by atoms with Crippen molar-refractivity contribution in [1.82, 2.24) is 10.6 Å². The Hall–Kier alpha value is -0.280. The van der Waals surface area contributed by atoms with Crippen molar-refractivity contribution in [2.24, 2.45) is 0 Å². The van der Waals surface area contributed by atoms with Gasteiger partial charge in [0.2, 0.25) is 3.79 Å². The van der Waals surface area contributed by atoms with E-state index in [1.54, 1.807) is 24.3 Å². The highest BCUT2D eigenvalue weighted by Gasteiger charge is 2.35. The molecular weight excluding hydrogens is 596 g/mol. The van der Waals surface area contributed by atoms with Crippen molar-refractivity contribution in [1.29, 1.82) is 0 Å². The molecule has 0 aromatic heterocycles. The molecule has 0 aliphatic carbocycles. The third-order valence-electron chi connectivity index (χ3n) is 3.49. The second-order valence-corrected chi connectivity index (χ2v) is 10.6. The third-order valence-corrected chi connectivity index (χ3v) is 5.77. The predicted octanol–water partition coefficient (Wildman–Crippen LogP) is 6.59. The molecule has 0 bridgehead atoms. The SMILES string of the molecule is Cc1cc(Br)cc(Br)c1NC(=S)N[C@H](NC(=O)c1ccccc1Cl)C(Cl)(Cl)Cl. The summed E-state index contributed by atoms with van der Waals surface area (Å²) in [6, 6.07) is 10.3. The first kappa shape index (κ1) is 24.0. The van der Waals surface area contributed by atoms with Gasteiger partial charge < -0.3 is 16.0 Å². The molecule has 0 saturated carbocycles. The van der Waals surface area contributed by atoms with Crippen LogP contribution in [0.3, 0.4) is 0 Å². The van der Waals surface area contributed by atoms with Crippen LogP contribution in [0.2, 0.25) is 5.02 Å². The third kappa shape index (κ3) is 6.62. The molecular formula is C17H13Br2Cl4N3OS. The van der Waals surface area contributed by atoms with Gasteiger partial charge in [0.15, 0.2) is 5.11 Å². The molecule has 0 unspecified atom stereocenters. The van der Waals surface area contributed by atoms with E-state index in [4.69, 9.17) is 58.6 Å². The van der Waals surface area contributed by atoms with E-state index in [9.17, 15) is 4.79 Å². The van der Waals surface area contributed by atoms with E-state index in [0.29, 0.717) is 0 Å². The van der Waals surface area contributed by atoms with Crippen LogP contribution in [0, 0.1) is 6.92 Å². The number of alkyl halides is 3. The number of halogens is 6. The average Bonchev–Trinajstić information content (AvgIpc) is 2.57. The Morgan fingerprint density at radius 1 is 1.14 bits per heavy atom. The number of nitrogens with one attached hydrogen (secondary N) is 3. The van der Waals surface area contributed by atoms with Gasteiger partial charge in [0.25, 0.3) is 5.91 Å². The van der Waals surface area contributed by atoms with Crippen molar-refractivity contribution in [3.8, 4) is 0 Å². The van der Waals surface area contributed by atoms with Crippen LogP contribution in [0.5, 0.6) is 0 Å². The molecule has 0 aliphatic rings. The van der Waals surface area contributed by atoms with E-state index < -0.39 is 15.9 Å². The molecule has 1 amide bonds. The Morgan fingerprint density at radius 3 is 2.36 bits per heavy atom. The number of amides is 1. The van der Waals surface area contributed by atoms with Gasteiger partial charge in [0, 0.05) is 8.95 Å². The summed E-state index contributed by atoms with van der Waals surface area (Å²) in [4.78, 5) is 12.5. The maximum Gasteiger partial charge on any atom is 0.254 e. The fraction of sp³-hybridized carbons (Fsp3) is 0.176.